The number of anilines is 1. The molecule has 0 spiro atoms. The Labute approximate surface area is 169 Å². The SMILES string of the molecule is CC(OC(=O)c1ccccc1)C(=O)Nc1ccc(S(=O)(=O)N2CCOCC2)cc1. The van der Waals surface area contributed by atoms with Crippen LogP contribution in [0, 0.1) is 0 Å². The first-order chi connectivity index (χ1) is 13.9. The largest absolute Gasteiger partial charge is 0.449 e. The van der Waals surface area contributed by atoms with Crippen molar-refractivity contribution < 1.29 is 27.5 Å². The smallest absolute Gasteiger partial charge is 0.338 e. The monoisotopic (exact) mass is 418 g/mol. The zero-order valence-electron chi connectivity index (χ0n) is 15.9. The summed E-state index contributed by atoms with van der Waals surface area (Å²) in [6.45, 7) is 2.82. The molecule has 8 nitrogen and oxygen atoms in total. The number of carbonyl (C=O) groups is 2. The minimum atomic E-state index is -3.60. The van der Waals surface area contributed by atoms with Crippen molar-refractivity contribution in [1.82, 2.24) is 4.31 Å². The Morgan fingerprint density at radius 3 is 2.28 bits per heavy atom. The fourth-order valence-corrected chi connectivity index (χ4v) is 4.15. The number of ether oxygens (including phenoxy) is 2. The topological polar surface area (TPSA) is 102 Å². The number of nitrogens with zero attached hydrogens (tertiary/aromatic N) is 1. The van der Waals surface area contributed by atoms with Gasteiger partial charge in [0, 0.05) is 18.8 Å². The zero-order chi connectivity index (χ0) is 20.9. The third kappa shape index (κ3) is 5.20. The van der Waals surface area contributed by atoms with Crippen molar-refractivity contribution in [2.45, 2.75) is 17.9 Å². The molecule has 1 atom stereocenters. The number of carbonyl (C=O) groups excluding carboxylic acids is 2. The van der Waals surface area contributed by atoms with Crippen molar-refractivity contribution in [3.8, 4) is 0 Å². The van der Waals surface area contributed by atoms with Crippen LogP contribution >= 0.6 is 0 Å². The van der Waals surface area contributed by atoms with E-state index >= 15 is 0 Å². The van der Waals surface area contributed by atoms with E-state index in [0.29, 0.717) is 37.6 Å². The van der Waals surface area contributed by atoms with Gasteiger partial charge in [-0.3, -0.25) is 4.79 Å². The normalized spacial score (nSPS) is 16.0. The molecule has 1 heterocycles. The second-order valence-corrected chi connectivity index (χ2v) is 8.38. The molecule has 0 radical (unpaired) electrons. The maximum Gasteiger partial charge on any atom is 0.338 e. The predicted molar refractivity (Wildman–Crippen MR) is 106 cm³/mol. The fraction of sp³-hybridized carbons (Fsp3) is 0.300. The summed E-state index contributed by atoms with van der Waals surface area (Å²) in [4.78, 5) is 24.5. The van der Waals surface area contributed by atoms with Gasteiger partial charge in [-0.25, -0.2) is 13.2 Å². The van der Waals surface area contributed by atoms with Crippen LogP contribution < -0.4 is 5.32 Å². The number of hydrogen-bond acceptors (Lipinski definition) is 6. The van der Waals surface area contributed by atoms with Gasteiger partial charge in [0.15, 0.2) is 6.10 Å². The lowest BCUT2D eigenvalue weighted by Crippen LogP contribution is -2.40. The van der Waals surface area contributed by atoms with Crippen LogP contribution in [0.15, 0.2) is 59.5 Å². The Kier molecular flexibility index (Phi) is 6.63. The summed E-state index contributed by atoms with van der Waals surface area (Å²) < 4.78 is 36.9. The molecule has 154 valence electrons. The van der Waals surface area contributed by atoms with E-state index in [9.17, 15) is 18.0 Å². The maximum absolute atomic E-state index is 12.6. The van der Waals surface area contributed by atoms with Crippen molar-refractivity contribution in [1.29, 1.82) is 0 Å². The van der Waals surface area contributed by atoms with Crippen molar-refractivity contribution in [2.75, 3.05) is 31.6 Å². The Morgan fingerprint density at radius 2 is 1.66 bits per heavy atom. The number of hydrogen-bond donors (Lipinski definition) is 1. The minimum Gasteiger partial charge on any atom is -0.449 e. The molecule has 9 heteroatoms. The molecule has 29 heavy (non-hydrogen) atoms. The van der Waals surface area contributed by atoms with Gasteiger partial charge in [0.2, 0.25) is 10.0 Å². The predicted octanol–water partition coefficient (Wildman–Crippen LogP) is 1.89. The number of sulfonamides is 1. The van der Waals surface area contributed by atoms with Gasteiger partial charge >= 0.3 is 5.97 Å². The minimum absolute atomic E-state index is 0.140. The first kappa shape index (κ1) is 21.0. The first-order valence-corrected chi connectivity index (χ1v) is 10.6. The molecule has 0 aromatic heterocycles. The van der Waals surface area contributed by atoms with Crippen molar-refractivity contribution in [3.05, 3.63) is 60.2 Å². The van der Waals surface area contributed by atoms with Gasteiger partial charge < -0.3 is 14.8 Å². The Hall–Kier alpha value is -2.75. The van der Waals surface area contributed by atoms with Crippen LogP contribution in [-0.4, -0.2) is 57.0 Å². The lowest BCUT2D eigenvalue weighted by molar-refractivity contribution is -0.123. The van der Waals surface area contributed by atoms with Gasteiger partial charge in [0.05, 0.1) is 23.7 Å². The summed E-state index contributed by atoms with van der Waals surface area (Å²) in [5.41, 5.74) is 0.753. The molecule has 0 bridgehead atoms. The highest BCUT2D eigenvalue weighted by molar-refractivity contribution is 7.89. The number of amides is 1. The molecule has 1 amide bonds. The maximum atomic E-state index is 12.6. The summed E-state index contributed by atoms with van der Waals surface area (Å²) in [7, 11) is -3.60. The van der Waals surface area contributed by atoms with Crippen LogP contribution in [0.4, 0.5) is 5.69 Å². The molecular weight excluding hydrogens is 396 g/mol. The highest BCUT2D eigenvalue weighted by Crippen LogP contribution is 2.19. The van der Waals surface area contributed by atoms with E-state index in [2.05, 4.69) is 5.32 Å². The molecule has 1 aliphatic heterocycles. The average Bonchev–Trinajstić information content (AvgIpc) is 2.75. The Bertz CT molecular complexity index is 954. The molecule has 1 fully saturated rings. The Morgan fingerprint density at radius 1 is 1.03 bits per heavy atom. The summed E-state index contributed by atoms with van der Waals surface area (Å²) in [6.07, 6.45) is -1.01. The zero-order valence-corrected chi connectivity index (χ0v) is 16.7. The van der Waals surface area contributed by atoms with E-state index in [1.165, 1.54) is 35.5 Å². The van der Waals surface area contributed by atoms with E-state index in [0.717, 1.165) is 0 Å². The highest BCUT2D eigenvalue weighted by atomic mass is 32.2. The van der Waals surface area contributed by atoms with E-state index in [1.54, 1.807) is 30.3 Å². The number of rotatable bonds is 6. The van der Waals surface area contributed by atoms with Gasteiger partial charge in [-0.1, -0.05) is 18.2 Å². The van der Waals surface area contributed by atoms with E-state index < -0.39 is 28.0 Å². The van der Waals surface area contributed by atoms with Crippen LogP contribution in [0.3, 0.4) is 0 Å². The van der Waals surface area contributed by atoms with Gasteiger partial charge in [-0.2, -0.15) is 4.31 Å². The van der Waals surface area contributed by atoms with Crippen LogP contribution in [0.1, 0.15) is 17.3 Å². The first-order valence-electron chi connectivity index (χ1n) is 9.13. The lowest BCUT2D eigenvalue weighted by atomic mass is 10.2. The molecule has 1 N–H and O–H groups in total. The van der Waals surface area contributed by atoms with E-state index in [1.807, 2.05) is 0 Å². The molecule has 0 aliphatic carbocycles. The average molecular weight is 418 g/mol. The third-order valence-corrected chi connectivity index (χ3v) is 6.31. The molecule has 1 unspecified atom stereocenters. The third-order valence-electron chi connectivity index (χ3n) is 4.39. The van der Waals surface area contributed by atoms with Crippen LogP contribution in [0.2, 0.25) is 0 Å². The molecule has 2 aromatic rings. The number of esters is 1. The number of nitrogens with one attached hydrogen (secondary N) is 1. The second-order valence-electron chi connectivity index (χ2n) is 6.44. The van der Waals surface area contributed by atoms with E-state index in [-0.39, 0.29) is 4.90 Å². The van der Waals surface area contributed by atoms with Crippen LogP contribution in [-0.2, 0) is 24.3 Å². The fourth-order valence-electron chi connectivity index (χ4n) is 2.75. The number of morpholine rings is 1. The number of benzene rings is 2. The molecule has 3 rings (SSSR count). The molecule has 0 saturated carbocycles. The van der Waals surface area contributed by atoms with Crippen molar-refractivity contribution in [2.24, 2.45) is 0 Å². The van der Waals surface area contributed by atoms with E-state index in [4.69, 9.17) is 9.47 Å². The van der Waals surface area contributed by atoms with Crippen molar-refractivity contribution >= 4 is 27.6 Å². The molecule has 1 aliphatic rings. The molecular formula is C20H22N2O6S. The summed E-state index contributed by atoms with van der Waals surface area (Å²) in [5, 5.41) is 2.61. The summed E-state index contributed by atoms with van der Waals surface area (Å²) >= 11 is 0. The second kappa shape index (κ2) is 9.17. The Balaban J connectivity index is 1.60. The summed E-state index contributed by atoms with van der Waals surface area (Å²) in [6, 6.07) is 14.2. The summed E-state index contributed by atoms with van der Waals surface area (Å²) in [5.74, 6) is -1.11. The highest BCUT2D eigenvalue weighted by Gasteiger charge is 2.26. The van der Waals surface area contributed by atoms with Gasteiger partial charge in [-0.05, 0) is 43.3 Å². The van der Waals surface area contributed by atoms with Crippen LogP contribution in [0.5, 0.6) is 0 Å². The van der Waals surface area contributed by atoms with Gasteiger partial charge in [0.25, 0.3) is 5.91 Å². The van der Waals surface area contributed by atoms with Crippen LogP contribution in [0.25, 0.3) is 0 Å². The standard InChI is InChI=1S/C20H22N2O6S/c1-15(28-20(24)16-5-3-2-4-6-16)19(23)21-17-7-9-18(10-8-17)29(25,26)22-11-13-27-14-12-22/h2-10,15H,11-14H2,1H3,(H,21,23). The molecule has 1 saturated heterocycles. The van der Waals surface area contributed by atoms with Gasteiger partial charge in [-0.15, -0.1) is 0 Å². The van der Waals surface area contributed by atoms with Crippen molar-refractivity contribution in [3.63, 3.8) is 0 Å². The lowest BCUT2D eigenvalue weighted by Gasteiger charge is -2.26. The van der Waals surface area contributed by atoms with Gasteiger partial charge in [0.1, 0.15) is 0 Å². The molecule has 2 aromatic carbocycles. The quantitative estimate of drug-likeness (QED) is 0.719.